The van der Waals surface area contributed by atoms with Crippen LogP contribution >= 0.6 is 0 Å². The molecule has 3 aliphatic rings. The molecule has 1 aromatic heterocycles. The van der Waals surface area contributed by atoms with Crippen LogP contribution in [0.2, 0.25) is 0 Å². The monoisotopic (exact) mass is 409 g/mol. The molecule has 0 spiro atoms. The van der Waals surface area contributed by atoms with Gasteiger partial charge < -0.3 is 19.9 Å². The largest absolute Gasteiger partial charge is 0.484 e. The van der Waals surface area contributed by atoms with Crippen molar-refractivity contribution in [3.05, 3.63) is 53.7 Å². The predicted octanol–water partition coefficient (Wildman–Crippen LogP) is 1.77. The van der Waals surface area contributed by atoms with Crippen LogP contribution in [0.3, 0.4) is 0 Å². The number of aliphatic hydroxyl groups is 1. The molecular weight excluding hydrogens is 382 g/mol. The highest BCUT2D eigenvalue weighted by Gasteiger charge is 2.59. The quantitative estimate of drug-likeness (QED) is 0.757. The van der Waals surface area contributed by atoms with Crippen molar-refractivity contribution in [1.29, 1.82) is 0 Å². The Bertz CT molecular complexity index is 905. The second-order valence-electron chi connectivity index (χ2n) is 8.61. The number of ether oxygens (including phenoxy) is 2. The Hall–Kier alpha value is -2.64. The third-order valence-corrected chi connectivity index (χ3v) is 6.28. The molecule has 1 aromatic carbocycles. The number of fused-ring (bicyclic) bond motifs is 2. The molecule has 2 aliphatic heterocycles. The molecular formula is C23H27N3O4. The number of carbonyl (C=O) groups is 1. The fourth-order valence-electron chi connectivity index (χ4n) is 4.67. The standard InChI is InChI=1S/C23H27N3O4/c1-14(27)9-25-22(28)21-17-11-26(12-18(17)21)10-15-4-6-16(7-5-15)20-13-29-19-3-2-8-24-23(19)30-20/h2-8,14,17-18,20-21,27H,9-13H2,1H3,(H,25,28)/t14-,17-,18+,20+,21?/m0/s1. The molecule has 158 valence electrons. The number of pyridine rings is 1. The van der Waals surface area contributed by atoms with E-state index in [-0.39, 0.29) is 17.9 Å². The average Bonchev–Trinajstić information content (AvgIpc) is 3.27. The summed E-state index contributed by atoms with van der Waals surface area (Å²) in [7, 11) is 0. The summed E-state index contributed by atoms with van der Waals surface area (Å²) in [5, 5.41) is 12.2. The first-order chi connectivity index (χ1) is 14.6. The van der Waals surface area contributed by atoms with Gasteiger partial charge in [0.25, 0.3) is 5.88 Å². The molecule has 1 aliphatic carbocycles. The molecule has 0 bridgehead atoms. The SMILES string of the molecule is C[C@H](O)CNC(=O)C1[C@H]2CN(Cc3ccc([C@H]4COc5cccnc5O4)cc3)C[C@@H]12. The maximum absolute atomic E-state index is 12.2. The molecule has 2 fully saturated rings. The maximum atomic E-state index is 12.2. The summed E-state index contributed by atoms with van der Waals surface area (Å²) >= 11 is 0. The number of benzene rings is 1. The normalized spacial score (nSPS) is 27.9. The van der Waals surface area contributed by atoms with Crippen molar-refractivity contribution in [1.82, 2.24) is 15.2 Å². The predicted molar refractivity (Wildman–Crippen MR) is 110 cm³/mol. The van der Waals surface area contributed by atoms with Gasteiger partial charge in [0.1, 0.15) is 6.61 Å². The third kappa shape index (κ3) is 3.87. The van der Waals surface area contributed by atoms with Gasteiger partial charge in [-0.05, 0) is 42.0 Å². The van der Waals surface area contributed by atoms with Crippen molar-refractivity contribution in [2.75, 3.05) is 26.2 Å². The summed E-state index contributed by atoms with van der Waals surface area (Å²) in [5.74, 6) is 2.37. The molecule has 1 amide bonds. The molecule has 0 radical (unpaired) electrons. The number of aliphatic hydroxyl groups excluding tert-OH is 1. The van der Waals surface area contributed by atoms with Gasteiger partial charge in [-0.2, -0.15) is 0 Å². The summed E-state index contributed by atoms with van der Waals surface area (Å²) in [6.45, 7) is 5.31. The minimum absolute atomic E-state index is 0.0978. The van der Waals surface area contributed by atoms with Crippen LogP contribution in [-0.4, -0.2) is 53.2 Å². The van der Waals surface area contributed by atoms with Crippen LogP contribution in [0.4, 0.5) is 0 Å². The smallest absolute Gasteiger partial charge is 0.257 e. The van der Waals surface area contributed by atoms with Crippen molar-refractivity contribution < 1.29 is 19.4 Å². The molecule has 5 rings (SSSR count). The van der Waals surface area contributed by atoms with Crippen LogP contribution in [0.15, 0.2) is 42.6 Å². The highest BCUT2D eigenvalue weighted by Crippen LogP contribution is 2.52. The first-order valence-corrected chi connectivity index (χ1v) is 10.6. The van der Waals surface area contributed by atoms with Gasteiger partial charge in [0, 0.05) is 38.3 Å². The Balaban J connectivity index is 1.12. The number of hydrogen-bond acceptors (Lipinski definition) is 6. The number of rotatable bonds is 6. The third-order valence-electron chi connectivity index (χ3n) is 6.28. The van der Waals surface area contributed by atoms with Gasteiger partial charge in [0.2, 0.25) is 5.91 Å². The van der Waals surface area contributed by atoms with E-state index in [4.69, 9.17) is 9.47 Å². The van der Waals surface area contributed by atoms with E-state index < -0.39 is 6.10 Å². The van der Waals surface area contributed by atoms with Crippen LogP contribution in [-0.2, 0) is 11.3 Å². The number of nitrogens with one attached hydrogen (secondary N) is 1. The van der Waals surface area contributed by atoms with Gasteiger partial charge in [-0.25, -0.2) is 4.98 Å². The molecule has 5 atom stereocenters. The van der Waals surface area contributed by atoms with E-state index in [1.54, 1.807) is 13.1 Å². The van der Waals surface area contributed by atoms with Crippen molar-refractivity contribution in [2.24, 2.45) is 17.8 Å². The first-order valence-electron chi connectivity index (χ1n) is 10.6. The average molecular weight is 409 g/mol. The van der Waals surface area contributed by atoms with Crippen LogP contribution in [0, 0.1) is 17.8 Å². The van der Waals surface area contributed by atoms with Crippen LogP contribution in [0.1, 0.15) is 24.2 Å². The Morgan fingerprint density at radius 2 is 2.03 bits per heavy atom. The number of hydrogen-bond donors (Lipinski definition) is 2. The van der Waals surface area contributed by atoms with E-state index in [1.165, 1.54) is 5.56 Å². The van der Waals surface area contributed by atoms with Crippen molar-refractivity contribution in [3.63, 3.8) is 0 Å². The zero-order chi connectivity index (χ0) is 20.7. The Morgan fingerprint density at radius 1 is 1.27 bits per heavy atom. The summed E-state index contributed by atoms with van der Waals surface area (Å²) < 4.78 is 11.7. The Labute approximate surface area is 176 Å². The molecule has 1 saturated heterocycles. The van der Waals surface area contributed by atoms with Gasteiger partial charge in [0.05, 0.1) is 6.10 Å². The fourth-order valence-corrected chi connectivity index (χ4v) is 4.67. The Kier molecular flexibility index (Phi) is 5.08. The molecule has 2 aromatic rings. The number of piperidine rings is 1. The van der Waals surface area contributed by atoms with E-state index in [1.807, 2.05) is 12.1 Å². The summed E-state index contributed by atoms with van der Waals surface area (Å²) in [6.07, 6.45) is 1.06. The van der Waals surface area contributed by atoms with Crippen LogP contribution in [0.5, 0.6) is 11.6 Å². The van der Waals surface area contributed by atoms with Gasteiger partial charge >= 0.3 is 0 Å². The van der Waals surface area contributed by atoms with E-state index in [2.05, 4.69) is 39.5 Å². The molecule has 7 nitrogen and oxygen atoms in total. The first kappa shape index (κ1) is 19.3. The van der Waals surface area contributed by atoms with E-state index >= 15 is 0 Å². The van der Waals surface area contributed by atoms with Gasteiger partial charge in [-0.3, -0.25) is 9.69 Å². The Morgan fingerprint density at radius 3 is 2.77 bits per heavy atom. The zero-order valence-corrected chi connectivity index (χ0v) is 17.0. The number of nitrogens with zero attached hydrogens (tertiary/aromatic N) is 2. The lowest BCUT2D eigenvalue weighted by molar-refractivity contribution is -0.123. The number of likely N-dealkylation sites (tertiary alicyclic amines) is 1. The minimum atomic E-state index is -0.497. The molecule has 1 unspecified atom stereocenters. The lowest BCUT2D eigenvalue weighted by Gasteiger charge is -2.26. The summed E-state index contributed by atoms with van der Waals surface area (Å²) in [5.41, 5.74) is 2.33. The van der Waals surface area contributed by atoms with E-state index in [0.29, 0.717) is 36.6 Å². The fraction of sp³-hybridized carbons (Fsp3) is 0.478. The summed E-state index contributed by atoms with van der Waals surface area (Å²) in [6, 6.07) is 12.2. The number of carbonyl (C=O) groups excluding carboxylic acids is 1. The van der Waals surface area contributed by atoms with E-state index in [9.17, 15) is 9.90 Å². The number of amides is 1. The van der Waals surface area contributed by atoms with Gasteiger partial charge in [0.15, 0.2) is 11.9 Å². The van der Waals surface area contributed by atoms with Crippen LogP contribution in [0.25, 0.3) is 0 Å². The molecule has 3 heterocycles. The number of aromatic nitrogens is 1. The molecule has 1 saturated carbocycles. The van der Waals surface area contributed by atoms with Crippen molar-refractivity contribution in [3.8, 4) is 11.6 Å². The molecule has 2 N–H and O–H groups in total. The van der Waals surface area contributed by atoms with E-state index in [0.717, 1.165) is 25.2 Å². The lowest BCUT2D eigenvalue weighted by atomic mass is 10.1. The van der Waals surface area contributed by atoms with Crippen molar-refractivity contribution in [2.45, 2.75) is 25.7 Å². The van der Waals surface area contributed by atoms with Gasteiger partial charge in [-0.15, -0.1) is 0 Å². The highest BCUT2D eigenvalue weighted by atomic mass is 16.6. The minimum Gasteiger partial charge on any atom is -0.484 e. The van der Waals surface area contributed by atoms with Crippen LogP contribution < -0.4 is 14.8 Å². The second kappa shape index (κ2) is 7.89. The zero-order valence-electron chi connectivity index (χ0n) is 17.0. The highest BCUT2D eigenvalue weighted by molar-refractivity contribution is 5.82. The lowest BCUT2D eigenvalue weighted by Crippen LogP contribution is -2.35. The van der Waals surface area contributed by atoms with Gasteiger partial charge in [-0.1, -0.05) is 24.3 Å². The molecule has 30 heavy (non-hydrogen) atoms. The van der Waals surface area contributed by atoms with Crippen molar-refractivity contribution >= 4 is 5.91 Å². The topological polar surface area (TPSA) is 83.9 Å². The summed E-state index contributed by atoms with van der Waals surface area (Å²) in [4.78, 5) is 18.8. The molecule has 7 heteroatoms. The second-order valence-corrected chi connectivity index (χ2v) is 8.61. The maximum Gasteiger partial charge on any atom is 0.257 e.